The van der Waals surface area contributed by atoms with Gasteiger partial charge in [-0.2, -0.15) is 0 Å². The van der Waals surface area contributed by atoms with Crippen molar-refractivity contribution in [3.05, 3.63) is 0 Å². The number of rotatable bonds is 15. The summed E-state index contributed by atoms with van der Waals surface area (Å²) in [6.07, 6.45) is 28.3. The Morgan fingerprint density at radius 3 is 0.950 bits per heavy atom. The zero-order valence-electron chi connectivity index (χ0n) is 25.3. The van der Waals surface area contributed by atoms with Crippen LogP contribution in [0.15, 0.2) is 0 Å². The van der Waals surface area contributed by atoms with E-state index in [0.29, 0.717) is 0 Å². The number of carbonyl (C=O) groups excluding carboxylic acids is 2. The first kappa shape index (κ1) is 28.6. The standard InChI is InChI=1S/C34H58N4O2/c39-31(37-33-19-25-13-26(20-33)15-27(14-25)21-33)35-11-9-7-5-3-1-2-4-6-8-10-12-36-32(40)38-34-22-28-16-29(23-34)18-30(17-28)24-34/h25-30H,1-24H2,(H2,35,37,39)(H2,36,38,40). The topological polar surface area (TPSA) is 82.3 Å². The molecule has 8 fully saturated rings. The van der Waals surface area contributed by atoms with Gasteiger partial charge in [-0.05, 0) is 125 Å². The fourth-order valence-electron chi connectivity index (χ4n) is 11.2. The molecule has 4 amide bonds. The number of amides is 4. The number of urea groups is 2. The second-order valence-corrected chi connectivity index (χ2v) is 15.7. The van der Waals surface area contributed by atoms with Gasteiger partial charge >= 0.3 is 12.1 Å². The zero-order chi connectivity index (χ0) is 27.4. The Morgan fingerprint density at radius 1 is 0.425 bits per heavy atom. The minimum Gasteiger partial charge on any atom is -0.338 e. The summed E-state index contributed by atoms with van der Waals surface area (Å²) in [7, 11) is 0. The van der Waals surface area contributed by atoms with E-state index in [1.165, 1.54) is 128 Å². The molecule has 6 nitrogen and oxygen atoms in total. The second kappa shape index (κ2) is 12.8. The SMILES string of the molecule is O=C(NCCCCCCCCCCCCNC(=O)NC12CC3CC(CC(C3)C1)C2)NC12CC3CC(CC(C3)C1)C2. The van der Waals surface area contributed by atoms with Gasteiger partial charge in [-0.3, -0.25) is 0 Å². The van der Waals surface area contributed by atoms with E-state index in [0.717, 1.165) is 61.4 Å². The van der Waals surface area contributed by atoms with Crippen LogP contribution in [0.1, 0.15) is 141 Å². The Labute approximate surface area is 243 Å². The lowest BCUT2D eigenvalue weighted by Crippen LogP contribution is -2.61. The van der Waals surface area contributed by atoms with E-state index in [2.05, 4.69) is 21.3 Å². The molecule has 6 heteroatoms. The Hall–Kier alpha value is -1.46. The first-order valence-corrected chi connectivity index (χ1v) is 17.6. The maximum Gasteiger partial charge on any atom is 0.315 e. The number of unbranched alkanes of at least 4 members (excludes halogenated alkanes) is 9. The molecule has 0 radical (unpaired) electrons. The largest absolute Gasteiger partial charge is 0.338 e. The van der Waals surface area contributed by atoms with Gasteiger partial charge in [0.2, 0.25) is 0 Å². The third kappa shape index (κ3) is 7.30. The minimum absolute atomic E-state index is 0.0837. The van der Waals surface area contributed by atoms with Crippen LogP contribution in [0.5, 0.6) is 0 Å². The maximum atomic E-state index is 12.5. The molecule has 0 heterocycles. The minimum atomic E-state index is 0.0837. The molecule has 0 spiro atoms. The van der Waals surface area contributed by atoms with Gasteiger partial charge in [0.05, 0.1) is 0 Å². The van der Waals surface area contributed by atoms with Gasteiger partial charge in [-0.1, -0.05) is 51.4 Å². The normalized spacial score (nSPS) is 38.4. The monoisotopic (exact) mass is 554 g/mol. The average molecular weight is 555 g/mol. The smallest absolute Gasteiger partial charge is 0.315 e. The van der Waals surface area contributed by atoms with Gasteiger partial charge in [0.25, 0.3) is 0 Å². The van der Waals surface area contributed by atoms with E-state index in [-0.39, 0.29) is 23.1 Å². The van der Waals surface area contributed by atoms with Crippen molar-refractivity contribution < 1.29 is 9.59 Å². The van der Waals surface area contributed by atoms with Crippen LogP contribution < -0.4 is 21.3 Å². The summed E-state index contributed by atoms with van der Waals surface area (Å²) in [5.41, 5.74) is 0.245. The van der Waals surface area contributed by atoms with Gasteiger partial charge in [-0.15, -0.1) is 0 Å². The molecule has 8 rings (SSSR count). The summed E-state index contributed by atoms with van der Waals surface area (Å²) in [5.74, 6) is 5.24. The first-order chi connectivity index (χ1) is 19.5. The summed E-state index contributed by atoms with van der Waals surface area (Å²) >= 11 is 0. The van der Waals surface area contributed by atoms with Crippen molar-refractivity contribution in [2.24, 2.45) is 35.5 Å². The summed E-state index contributed by atoms with van der Waals surface area (Å²) in [6.45, 7) is 1.62. The molecule has 8 aliphatic carbocycles. The van der Waals surface area contributed by atoms with Gasteiger partial charge < -0.3 is 21.3 Å². The van der Waals surface area contributed by atoms with Crippen LogP contribution in [-0.2, 0) is 0 Å². The third-order valence-electron chi connectivity index (χ3n) is 12.0. The average Bonchev–Trinajstić information content (AvgIpc) is 2.86. The molecule has 0 unspecified atom stereocenters. The highest BCUT2D eigenvalue weighted by Crippen LogP contribution is 2.56. The second-order valence-electron chi connectivity index (χ2n) is 15.7. The van der Waals surface area contributed by atoms with Gasteiger partial charge in [0.1, 0.15) is 0 Å². The highest BCUT2D eigenvalue weighted by atomic mass is 16.2. The number of carbonyl (C=O) groups is 2. The summed E-state index contributed by atoms with van der Waals surface area (Å²) in [5, 5.41) is 13.2. The Balaban J connectivity index is 0.710. The summed E-state index contributed by atoms with van der Waals surface area (Å²) < 4.78 is 0. The van der Waals surface area contributed by atoms with Crippen LogP contribution in [-0.4, -0.2) is 36.2 Å². The van der Waals surface area contributed by atoms with E-state index in [9.17, 15) is 9.59 Å². The van der Waals surface area contributed by atoms with E-state index in [1.54, 1.807) is 0 Å². The van der Waals surface area contributed by atoms with Crippen molar-refractivity contribution in [1.29, 1.82) is 0 Å². The Bertz CT molecular complexity index is 731. The van der Waals surface area contributed by atoms with E-state index < -0.39 is 0 Å². The van der Waals surface area contributed by atoms with E-state index >= 15 is 0 Å². The zero-order valence-corrected chi connectivity index (χ0v) is 25.3. The van der Waals surface area contributed by atoms with Crippen molar-refractivity contribution in [1.82, 2.24) is 21.3 Å². The molecule has 8 aliphatic rings. The number of nitrogens with one attached hydrogen (secondary N) is 4. The van der Waals surface area contributed by atoms with Gasteiger partial charge in [-0.25, -0.2) is 9.59 Å². The quantitative estimate of drug-likeness (QED) is 0.159. The molecule has 0 atom stereocenters. The predicted molar refractivity (Wildman–Crippen MR) is 161 cm³/mol. The van der Waals surface area contributed by atoms with Crippen molar-refractivity contribution in [3.8, 4) is 0 Å². The third-order valence-corrected chi connectivity index (χ3v) is 12.0. The number of hydrogen-bond donors (Lipinski definition) is 4. The van der Waals surface area contributed by atoms with Crippen LogP contribution in [0, 0.1) is 35.5 Å². The maximum absolute atomic E-state index is 12.5. The van der Waals surface area contributed by atoms with Crippen LogP contribution >= 0.6 is 0 Å². The first-order valence-electron chi connectivity index (χ1n) is 17.6. The molecule has 0 aromatic rings. The molecule has 0 aromatic heterocycles. The number of hydrogen-bond acceptors (Lipinski definition) is 2. The van der Waals surface area contributed by atoms with Crippen molar-refractivity contribution in [2.45, 2.75) is 152 Å². The lowest BCUT2D eigenvalue weighted by atomic mass is 9.53. The predicted octanol–water partition coefficient (Wildman–Crippen LogP) is 7.42. The van der Waals surface area contributed by atoms with Crippen LogP contribution in [0.4, 0.5) is 9.59 Å². The molecule has 226 valence electrons. The van der Waals surface area contributed by atoms with Crippen molar-refractivity contribution >= 4 is 12.1 Å². The molecule has 8 bridgehead atoms. The fourth-order valence-corrected chi connectivity index (χ4v) is 11.2. The highest BCUT2D eigenvalue weighted by Gasteiger charge is 2.52. The molecule has 8 saturated carbocycles. The molecular formula is C34H58N4O2. The fraction of sp³-hybridized carbons (Fsp3) is 0.941. The van der Waals surface area contributed by atoms with Crippen molar-refractivity contribution in [2.75, 3.05) is 13.1 Å². The molecule has 0 aromatic carbocycles. The van der Waals surface area contributed by atoms with Gasteiger partial charge in [0.15, 0.2) is 0 Å². The molecule has 0 aliphatic heterocycles. The van der Waals surface area contributed by atoms with E-state index in [4.69, 9.17) is 0 Å². The molecule has 40 heavy (non-hydrogen) atoms. The van der Waals surface area contributed by atoms with Crippen LogP contribution in [0.25, 0.3) is 0 Å². The Morgan fingerprint density at radius 2 is 0.675 bits per heavy atom. The van der Waals surface area contributed by atoms with Crippen molar-refractivity contribution in [3.63, 3.8) is 0 Å². The molecular weight excluding hydrogens is 496 g/mol. The van der Waals surface area contributed by atoms with Crippen LogP contribution in [0.2, 0.25) is 0 Å². The summed E-state index contributed by atoms with van der Waals surface area (Å²) in [6, 6.07) is 0.167. The summed E-state index contributed by atoms with van der Waals surface area (Å²) in [4.78, 5) is 25.1. The van der Waals surface area contributed by atoms with Gasteiger partial charge in [0, 0.05) is 24.2 Å². The Kier molecular flexibility index (Phi) is 9.18. The molecule has 0 saturated heterocycles. The van der Waals surface area contributed by atoms with Crippen LogP contribution in [0.3, 0.4) is 0 Å². The molecule has 4 N–H and O–H groups in total. The lowest BCUT2D eigenvalue weighted by molar-refractivity contribution is -0.0138. The highest BCUT2D eigenvalue weighted by molar-refractivity contribution is 5.75. The van der Waals surface area contributed by atoms with E-state index in [1.807, 2.05) is 0 Å². The lowest BCUT2D eigenvalue weighted by Gasteiger charge is -2.56.